The summed E-state index contributed by atoms with van der Waals surface area (Å²) in [5, 5.41) is 10.9. The summed E-state index contributed by atoms with van der Waals surface area (Å²) < 4.78 is 10.9. The first kappa shape index (κ1) is 19.0. The second kappa shape index (κ2) is 8.13. The summed E-state index contributed by atoms with van der Waals surface area (Å²) in [6, 6.07) is 2.87. The van der Waals surface area contributed by atoms with Gasteiger partial charge in [0, 0.05) is 25.4 Å². The minimum absolute atomic E-state index is 0.0345. The lowest BCUT2D eigenvalue weighted by atomic mass is 9.95. The molecular weight excluding hydrogens is 326 g/mol. The van der Waals surface area contributed by atoms with Crippen LogP contribution in [0.1, 0.15) is 40.0 Å². The van der Waals surface area contributed by atoms with E-state index in [1.807, 2.05) is 20.8 Å². The summed E-state index contributed by atoms with van der Waals surface area (Å²) in [6.45, 7) is 7.17. The molecular formula is C17H25N3O5. The van der Waals surface area contributed by atoms with E-state index >= 15 is 0 Å². The van der Waals surface area contributed by atoms with Crippen LogP contribution in [0.15, 0.2) is 18.3 Å². The number of ether oxygens (including phenoxy) is 2. The van der Waals surface area contributed by atoms with Crippen molar-refractivity contribution in [2.24, 2.45) is 5.92 Å². The van der Waals surface area contributed by atoms with Crippen LogP contribution >= 0.6 is 0 Å². The molecule has 0 radical (unpaired) electrons. The van der Waals surface area contributed by atoms with E-state index in [1.54, 1.807) is 4.90 Å². The number of hydrogen-bond acceptors (Lipinski definition) is 6. The Bertz CT molecular complexity index is 615. The summed E-state index contributed by atoms with van der Waals surface area (Å²) in [7, 11) is 0. The molecule has 1 fully saturated rings. The quantitative estimate of drug-likeness (QED) is 0.596. The minimum atomic E-state index is -0.509. The van der Waals surface area contributed by atoms with Crippen LogP contribution < -0.4 is 4.74 Å². The molecule has 2 heterocycles. The van der Waals surface area contributed by atoms with Crippen molar-refractivity contribution in [2.75, 3.05) is 19.7 Å². The third-order valence-electron chi connectivity index (χ3n) is 3.88. The molecule has 0 aromatic carbocycles. The van der Waals surface area contributed by atoms with E-state index in [1.165, 1.54) is 18.3 Å². The number of nitro groups is 1. The molecule has 0 spiro atoms. The molecule has 1 amide bonds. The smallest absolute Gasteiger partial charge is 0.410 e. The third-order valence-corrected chi connectivity index (χ3v) is 3.88. The number of piperidine rings is 1. The molecule has 1 aromatic rings. The Kier molecular flexibility index (Phi) is 6.17. The molecule has 0 N–H and O–H groups in total. The summed E-state index contributed by atoms with van der Waals surface area (Å²) in [4.78, 5) is 28.2. The van der Waals surface area contributed by atoms with Crippen LogP contribution in [0.5, 0.6) is 5.88 Å². The van der Waals surface area contributed by atoms with Crippen LogP contribution in [0.2, 0.25) is 0 Å². The Morgan fingerprint density at radius 3 is 2.92 bits per heavy atom. The molecule has 0 unspecified atom stereocenters. The van der Waals surface area contributed by atoms with Gasteiger partial charge < -0.3 is 14.4 Å². The Balaban J connectivity index is 1.83. The second-order valence-electron chi connectivity index (χ2n) is 7.16. The maximum atomic E-state index is 12.2. The maximum Gasteiger partial charge on any atom is 0.410 e. The van der Waals surface area contributed by atoms with Crippen LogP contribution in [0.25, 0.3) is 0 Å². The highest BCUT2D eigenvalue weighted by molar-refractivity contribution is 5.68. The summed E-state index contributed by atoms with van der Waals surface area (Å²) in [5.74, 6) is 0.316. The van der Waals surface area contributed by atoms with Crippen LogP contribution in [0.4, 0.5) is 10.5 Å². The monoisotopic (exact) mass is 351 g/mol. The third kappa shape index (κ3) is 5.88. The normalized spacial score (nSPS) is 17.9. The zero-order chi connectivity index (χ0) is 18.4. The van der Waals surface area contributed by atoms with Crippen LogP contribution in [0, 0.1) is 16.0 Å². The fourth-order valence-electron chi connectivity index (χ4n) is 2.75. The fourth-order valence-corrected chi connectivity index (χ4v) is 2.75. The average Bonchev–Trinajstić information content (AvgIpc) is 2.54. The van der Waals surface area contributed by atoms with Gasteiger partial charge in [-0.3, -0.25) is 10.1 Å². The van der Waals surface area contributed by atoms with Crippen molar-refractivity contribution in [3.8, 4) is 5.88 Å². The van der Waals surface area contributed by atoms with Gasteiger partial charge in [0.05, 0.1) is 11.5 Å². The topological polar surface area (TPSA) is 94.8 Å². The molecule has 0 saturated carbocycles. The van der Waals surface area contributed by atoms with Crippen molar-refractivity contribution in [3.05, 3.63) is 28.4 Å². The average molecular weight is 351 g/mol. The van der Waals surface area contributed by atoms with Gasteiger partial charge in [-0.05, 0) is 52.0 Å². The molecule has 1 aliphatic rings. The van der Waals surface area contributed by atoms with Crippen LogP contribution in [-0.4, -0.2) is 46.2 Å². The van der Waals surface area contributed by atoms with E-state index in [2.05, 4.69) is 4.98 Å². The molecule has 1 saturated heterocycles. The van der Waals surface area contributed by atoms with Crippen molar-refractivity contribution < 1.29 is 19.2 Å². The lowest BCUT2D eigenvalue weighted by Gasteiger charge is -2.34. The van der Waals surface area contributed by atoms with Crippen molar-refractivity contribution in [1.82, 2.24) is 9.88 Å². The molecule has 1 aliphatic heterocycles. The highest BCUT2D eigenvalue weighted by atomic mass is 16.6. The highest BCUT2D eigenvalue weighted by Gasteiger charge is 2.27. The summed E-state index contributed by atoms with van der Waals surface area (Å²) >= 11 is 0. The molecule has 8 heteroatoms. The van der Waals surface area contributed by atoms with Gasteiger partial charge in [-0.2, -0.15) is 0 Å². The highest BCUT2D eigenvalue weighted by Crippen LogP contribution is 2.25. The van der Waals surface area contributed by atoms with Gasteiger partial charge in [-0.25, -0.2) is 9.78 Å². The number of likely N-dealkylation sites (tertiary alicyclic amines) is 1. The number of carbonyl (C=O) groups excluding carboxylic acids is 1. The van der Waals surface area contributed by atoms with Crippen molar-refractivity contribution in [3.63, 3.8) is 0 Å². The summed E-state index contributed by atoms with van der Waals surface area (Å²) in [5.41, 5.74) is -0.646. The first-order valence-corrected chi connectivity index (χ1v) is 8.46. The zero-order valence-electron chi connectivity index (χ0n) is 14.9. The van der Waals surface area contributed by atoms with Crippen molar-refractivity contribution in [2.45, 2.75) is 45.6 Å². The molecule has 0 aliphatic carbocycles. The van der Waals surface area contributed by atoms with E-state index in [9.17, 15) is 14.9 Å². The van der Waals surface area contributed by atoms with Crippen LogP contribution in [0.3, 0.4) is 0 Å². The van der Waals surface area contributed by atoms with Crippen molar-refractivity contribution >= 4 is 11.8 Å². The SMILES string of the molecule is CC(C)(C)OC(=O)N1CCC[C@H](CCOc2ncccc2[N+](=O)[O-])C1. The van der Waals surface area contributed by atoms with E-state index < -0.39 is 10.5 Å². The summed E-state index contributed by atoms with van der Waals surface area (Å²) in [6.07, 6.45) is 3.78. The minimum Gasteiger partial charge on any atom is -0.473 e. The number of aromatic nitrogens is 1. The van der Waals surface area contributed by atoms with Gasteiger partial charge in [0.1, 0.15) is 5.60 Å². The predicted molar refractivity (Wildman–Crippen MR) is 91.5 cm³/mol. The maximum absolute atomic E-state index is 12.2. The first-order chi connectivity index (χ1) is 11.8. The molecule has 8 nitrogen and oxygen atoms in total. The molecule has 2 rings (SSSR count). The predicted octanol–water partition coefficient (Wildman–Crippen LogP) is 3.41. The second-order valence-corrected chi connectivity index (χ2v) is 7.16. The van der Waals surface area contributed by atoms with Gasteiger partial charge in [0.25, 0.3) is 5.88 Å². The van der Waals surface area contributed by atoms with Gasteiger partial charge in [-0.1, -0.05) is 0 Å². The van der Waals surface area contributed by atoms with Gasteiger partial charge in [-0.15, -0.1) is 0 Å². The number of rotatable bonds is 5. The number of hydrogen-bond donors (Lipinski definition) is 0. The lowest BCUT2D eigenvalue weighted by molar-refractivity contribution is -0.386. The largest absolute Gasteiger partial charge is 0.473 e. The molecule has 0 bridgehead atoms. The number of carbonyl (C=O) groups is 1. The molecule has 25 heavy (non-hydrogen) atoms. The van der Waals surface area contributed by atoms with E-state index in [0.29, 0.717) is 26.1 Å². The van der Waals surface area contributed by atoms with E-state index in [4.69, 9.17) is 9.47 Å². The Labute approximate surface area is 147 Å². The fraction of sp³-hybridized carbons (Fsp3) is 0.647. The van der Waals surface area contributed by atoms with Gasteiger partial charge in [0.15, 0.2) is 0 Å². The zero-order valence-corrected chi connectivity index (χ0v) is 14.9. The van der Waals surface area contributed by atoms with E-state index in [-0.39, 0.29) is 23.6 Å². The lowest BCUT2D eigenvalue weighted by Crippen LogP contribution is -2.43. The van der Waals surface area contributed by atoms with Crippen molar-refractivity contribution in [1.29, 1.82) is 0 Å². The van der Waals surface area contributed by atoms with E-state index in [0.717, 1.165) is 12.8 Å². The number of pyridine rings is 1. The van der Waals surface area contributed by atoms with Crippen LogP contribution in [-0.2, 0) is 4.74 Å². The Hall–Kier alpha value is -2.38. The van der Waals surface area contributed by atoms with Gasteiger partial charge in [0.2, 0.25) is 0 Å². The number of nitrogens with zero attached hydrogens (tertiary/aromatic N) is 3. The Morgan fingerprint density at radius 1 is 1.48 bits per heavy atom. The number of amides is 1. The molecule has 138 valence electrons. The Morgan fingerprint density at radius 2 is 2.24 bits per heavy atom. The molecule has 1 aromatic heterocycles. The molecule has 1 atom stereocenters. The standard InChI is InChI=1S/C17H25N3O5/c1-17(2,3)25-16(21)19-10-5-6-13(12-19)8-11-24-15-14(20(22)23)7-4-9-18-15/h4,7,9,13H,5-6,8,10-12H2,1-3H3/t13-/m1/s1. The first-order valence-electron chi connectivity index (χ1n) is 8.46. The van der Waals surface area contributed by atoms with Gasteiger partial charge >= 0.3 is 11.8 Å².